The summed E-state index contributed by atoms with van der Waals surface area (Å²) in [4.78, 5) is 71.7. The van der Waals surface area contributed by atoms with Gasteiger partial charge in [-0.1, -0.05) is 76.2 Å². The van der Waals surface area contributed by atoms with Gasteiger partial charge in [-0.25, -0.2) is 19.6 Å². The molecule has 298 valence electrons. The normalized spacial score (nSPS) is 18.0. The van der Waals surface area contributed by atoms with Crippen molar-refractivity contribution >= 4 is 24.0 Å². The van der Waals surface area contributed by atoms with E-state index in [-0.39, 0.29) is 35.7 Å². The third kappa shape index (κ3) is 8.29. The number of aromatic nitrogens is 4. The standard InChI is InChI=1S/C42H54N8O6/c1-23(2)33(47-41(53)55-7)39(51)49-21-9-11-31(49)37-43-25(5)35(45-37)29-17-13-27(14-18-29)28-15-19-30(20-16-28)36-26(6)44-38(46-36)32-12-10-22-50(32)40(52)34(24(3)4)48-42(54)56-8/h13-20,23-24,31-34H,9-12,21-22H2,1-8H3,(H,43,45)(H,44,46)(H,47,53)(H,48,54)/t31-,32-,33-,34-/m0/s1. The van der Waals surface area contributed by atoms with Crippen molar-refractivity contribution in [3.05, 3.63) is 71.6 Å². The van der Waals surface area contributed by atoms with Crippen LogP contribution >= 0.6 is 0 Å². The number of imidazole rings is 2. The molecule has 2 aromatic carbocycles. The summed E-state index contributed by atoms with van der Waals surface area (Å²) in [5.41, 5.74) is 7.58. The maximum absolute atomic E-state index is 13.6. The van der Waals surface area contributed by atoms with Crippen molar-refractivity contribution < 1.29 is 28.7 Å². The van der Waals surface area contributed by atoms with Gasteiger partial charge in [-0.15, -0.1) is 0 Å². The second-order valence-corrected chi connectivity index (χ2v) is 15.4. The van der Waals surface area contributed by atoms with Crippen molar-refractivity contribution in [2.45, 2.75) is 91.4 Å². The van der Waals surface area contributed by atoms with E-state index in [1.807, 2.05) is 51.3 Å². The monoisotopic (exact) mass is 766 g/mol. The Bertz CT molecular complexity index is 1890. The molecule has 0 spiro atoms. The lowest BCUT2D eigenvalue weighted by molar-refractivity contribution is -0.136. The zero-order valence-electron chi connectivity index (χ0n) is 33.6. The van der Waals surface area contributed by atoms with Gasteiger partial charge in [-0.05, 0) is 68.1 Å². The maximum Gasteiger partial charge on any atom is 0.407 e. The third-order valence-corrected chi connectivity index (χ3v) is 11.0. The molecule has 0 bridgehead atoms. The van der Waals surface area contributed by atoms with Crippen LogP contribution in [-0.4, -0.2) is 93.1 Å². The molecule has 2 saturated heterocycles. The molecule has 14 heteroatoms. The summed E-state index contributed by atoms with van der Waals surface area (Å²) in [6.45, 7) is 12.8. The van der Waals surface area contributed by atoms with Crippen LogP contribution in [0, 0.1) is 25.7 Å². The van der Waals surface area contributed by atoms with Crippen molar-refractivity contribution in [1.82, 2.24) is 40.4 Å². The van der Waals surface area contributed by atoms with Crippen LogP contribution in [0.4, 0.5) is 9.59 Å². The number of hydrogen-bond acceptors (Lipinski definition) is 8. The lowest BCUT2D eigenvalue weighted by Crippen LogP contribution is -2.51. The molecule has 2 aliphatic heterocycles. The highest BCUT2D eigenvalue weighted by Gasteiger charge is 2.39. The first kappa shape index (κ1) is 40.0. The molecule has 4 heterocycles. The molecule has 0 saturated carbocycles. The second-order valence-electron chi connectivity index (χ2n) is 15.4. The van der Waals surface area contributed by atoms with Gasteiger partial charge in [0.15, 0.2) is 0 Å². The average Bonchev–Trinajstić information content (AvgIpc) is 4.02. The van der Waals surface area contributed by atoms with Gasteiger partial charge in [-0.3, -0.25) is 9.59 Å². The van der Waals surface area contributed by atoms with Crippen LogP contribution in [0.1, 0.15) is 88.5 Å². The molecule has 4 amide bonds. The van der Waals surface area contributed by atoms with Crippen LogP contribution in [0.15, 0.2) is 48.5 Å². The highest BCUT2D eigenvalue weighted by atomic mass is 16.5. The van der Waals surface area contributed by atoms with E-state index in [0.29, 0.717) is 13.1 Å². The van der Waals surface area contributed by atoms with Gasteiger partial charge in [0.1, 0.15) is 23.7 Å². The van der Waals surface area contributed by atoms with Crippen LogP contribution in [-0.2, 0) is 19.1 Å². The third-order valence-electron chi connectivity index (χ3n) is 11.0. The van der Waals surface area contributed by atoms with E-state index in [2.05, 4.69) is 69.1 Å². The number of methoxy groups -OCH3 is 2. The molecule has 0 aliphatic carbocycles. The van der Waals surface area contributed by atoms with Gasteiger partial charge in [0, 0.05) is 24.3 Å². The first-order valence-corrected chi connectivity index (χ1v) is 19.4. The molecule has 2 fully saturated rings. The highest BCUT2D eigenvalue weighted by molar-refractivity contribution is 5.87. The van der Waals surface area contributed by atoms with Gasteiger partial charge in [0.2, 0.25) is 11.8 Å². The fourth-order valence-electron chi connectivity index (χ4n) is 7.88. The summed E-state index contributed by atoms with van der Waals surface area (Å²) in [7, 11) is 2.58. The Labute approximate surface area is 328 Å². The first-order chi connectivity index (χ1) is 26.8. The SMILES string of the molecule is COC(=O)N[C@H](C(=O)N1CCC[C@H]1c1nc(-c2ccc(-c3ccc(-c4[nH]c([C@@H]5CCCN5C(=O)[C@@H](NC(=O)OC)C(C)C)nc4C)cc3)cc2)c(C)[nH]1)C(C)C. The van der Waals surface area contributed by atoms with Crippen LogP contribution in [0.2, 0.25) is 0 Å². The van der Waals surface area contributed by atoms with Crippen molar-refractivity contribution in [2.75, 3.05) is 27.3 Å². The van der Waals surface area contributed by atoms with Crippen LogP contribution in [0.25, 0.3) is 33.6 Å². The molecular formula is C42H54N8O6. The number of hydrogen-bond donors (Lipinski definition) is 4. The number of H-pyrrole nitrogens is 2. The quantitative estimate of drug-likeness (QED) is 0.128. The number of alkyl carbamates (subject to hydrolysis) is 2. The second kappa shape index (κ2) is 17.0. The van der Waals surface area contributed by atoms with E-state index in [4.69, 9.17) is 19.4 Å². The van der Waals surface area contributed by atoms with E-state index < -0.39 is 24.3 Å². The summed E-state index contributed by atoms with van der Waals surface area (Å²) >= 11 is 0. The lowest BCUT2D eigenvalue weighted by atomic mass is 10.0. The Morgan fingerprint density at radius 1 is 0.661 bits per heavy atom. The minimum atomic E-state index is -0.692. The summed E-state index contributed by atoms with van der Waals surface area (Å²) in [5.74, 6) is 0.985. The van der Waals surface area contributed by atoms with Crippen molar-refractivity contribution in [1.29, 1.82) is 0 Å². The largest absolute Gasteiger partial charge is 0.453 e. The Hall–Kier alpha value is -5.66. The Kier molecular flexibility index (Phi) is 12.2. The maximum atomic E-state index is 13.6. The summed E-state index contributed by atoms with van der Waals surface area (Å²) < 4.78 is 9.54. The number of nitrogens with one attached hydrogen (secondary N) is 4. The number of nitrogens with zero attached hydrogens (tertiary/aromatic N) is 4. The van der Waals surface area contributed by atoms with Crippen LogP contribution in [0.3, 0.4) is 0 Å². The van der Waals surface area contributed by atoms with Crippen molar-refractivity contribution in [3.63, 3.8) is 0 Å². The molecule has 56 heavy (non-hydrogen) atoms. The van der Waals surface area contributed by atoms with Gasteiger partial charge in [0.05, 0.1) is 43.4 Å². The average molecular weight is 767 g/mol. The fourth-order valence-corrected chi connectivity index (χ4v) is 7.88. The van der Waals surface area contributed by atoms with Crippen molar-refractivity contribution in [3.8, 4) is 33.6 Å². The number of aryl methyl sites for hydroxylation is 2. The van der Waals surface area contributed by atoms with E-state index in [0.717, 1.165) is 82.4 Å². The number of carbonyl (C=O) groups excluding carboxylic acids is 4. The Morgan fingerprint density at radius 2 is 1.09 bits per heavy atom. The molecule has 14 nitrogen and oxygen atoms in total. The topological polar surface area (TPSA) is 175 Å². The van der Waals surface area contributed by atoms with Gasteiger partial charge in [-0.2, -0.15) is 0 Å². The minimum Gasteiger partial charge on any atom is -0.453 e. The molecule has 0 radical (unpaired) electrons. The molecule has 2 aromatic heterocycles. The number of aromatic amines is 2. The number of rotatable bonds is 11. The Morgan fingerprint density at radius 3 is 1.54 bits per heavy atom. The van der Waals surface area contributed by atoms with Gasteiger partial charge >= 0.3 is 12.2 Å². The first-order valence-electron chi connectivity index (χ1n) is 19.4. The molecule has 6 rings (SSSR count). The number of likely N-dealkylation sites (tertiary alicyclic amines) is 2. The number of amides is 4. The lowest BCUT2D eigenvalue weighted by Gasteiger charge is -2.30. The van der Waals surface area contributed by atoms with Crippen LogP contribution < -0.4 is 10.6 Å². The van der Waals surface area contributed by atoms with Gasteiger partial charge in [0.25, 0.3) is 0 Å². The number of carbonyl (C=O) groups is 4. The number of ether oxygens (including phenoxy) is 2. The minimum absolute atomic E-state index is 0.108. The van der Waals surface area contributed by atoms with E-state index >= 15 is 0 Å². The molecule has 0 unspecified atom stereocenters. The molecule has 2 aliphatic rings. The summed E-state index contributed by atoms with van der Waals surface area (Å²) in [5, 5.41) is 5.41. The zero-order chi connectivity index (χ0) is 40.3. The van der Waals surface area contributed by atoms with Gasteiger partial charge < -0.3 is 39.9 Å². The molecular weight excluding hydrogens is 713 g/mol. The van der Waals surface area contributed by atoms with Crippen molar-refractivity contribution in [2.24, 2.45) is 11.8 Å². The number of benzene rings is 2. The van der Waals surface area contributed by atoms with E-state index in [9.17, 15) is 19.2 Å². The zero-order valence-corrected chi connectivity index (χ0v) is 33.6. The highest BCUT2D eigenvalue weighted by Crippen LogP contribution is 2.36. The predicted octanol–water partition coefficient (Wildman–Crippen LogP) is 6.84. The molecule has 4 atom stereocenters. The molecule has 4 aromatic rings. The van der Waals surface area contributed by atoms with E-state index in [1.165, 1.54) is 14.2 Å². The predicted molar refractivity (Wildman–Crippen MR) is 212 cm³/mol. The Balaban J connectivity index is 1.15. The van der Waals surface area contributed by atoms with E-state index in [1.54, 1.807) is 0 Å². The fraction of sp³-hybridized carbons (Fsp3) is 0.476. The summed E-state index contributed by atoms with van der Waals surface area (Å²) in [6.07, 6.45) is 2.01. The smallest absolute Gasteiger partial charge is 0.407 e. The summed E-state index contributed by atoms with van der Waals surface area (Å²) in [6, 6.07) is 14.8. The van der Waals surface area contributed by atoms with Crippen LogP contribution in [0.5, 0.6) is 0 Å². The molecule has 4 N–H and O–H groups in total.